The van der Waals surface area contributed by atoms with Crippen LogP contribution in [-0.4, -0.2) is 28.9 Å². The number of ether oxygens (including phenoxy) is 1. The van der Waals surface area contributed by atoms with E-state index >= 15 is 0 Å². The fourth-order valence-corrected chi connectivity index (χ4v) is 3.37. The van der Waals surface area contributed by atoms with Gasteiger partial charge in [-0.3, -0.25) is 4.98 Å². The number of hydrogen-bond acceptors (Lipinski definition) is 4. The van der Waals surface area contributed by atoms with Crippen molar-refractivity contribution in [2.75, 3.05) is 6.54 Å². The number of halogens is 10. The number of aliphatic hydroxyl groups excluding tert-OH is 1. The largest absolute Gasteiger partial charge is 0.457 e. The van der Waals surface area contributed by atoms with Crippen molar-refractivity contribution in [2.45, 2.75) is 37.1 Å². The van der Waals surface area contributed by atoms with E-state index < -0.39 is 66.3 Å². The molecule has 14 heteroatoms. The van der Waals surface area contributed by atoms with Crippen molar-refractivity contribution in [2.24, 2.45) is 0 Å². The first-order valence-electron chi connectivity index (χ1n) is 10.7. The molecule has 2 aromatic carbocycles. The van der Waals surface area contributed by atoms with Crippen LogP contribution in [0.2, 0.25) is 0 Å². The normalized spacial score (nSPS) is 14.3. The van der Waals surface area contributed by atoms with Crippen molar-refractivity contribution in [3.8, 4) is 11.5 Å². The highest BCUT2D eigenvalue weighted by molar-refractivity contribution is 5.37. The molecule has 1 heterocycles. The third-order valence-electron chi connectivity index (χ3n) is 5.25. The minimum absolute atomic E-state index is 0.0745. The molecule has 0 radical (unpaired) electrons. The van der Waals surface area contributed by atoms with Crippen LogP contribution in [0.1, 0.15) is 28.4 Å². The zero-order valence-corrected chi connectivity index (χ0v) is 18.9. The number of nitrogens with one attached hydrogen (secondary N) is 1. The molecule has 0 saturated heterocycles. The molecule has 206 valence electrons. The molecule has 3 rings (SSSR count). The maximum atomic E-state index is 14.4. The molecular formula is C24H18F10N2O2. The Balaban J connectivity index is 1.93. The molecule has 4 nitrogen and oxygen atoms in total. The Morgan fingerprint density at radius 2 is 1.53 bits per heavy atom. The number of nitrogens with zero attached hydrogens (tertiary/aromatic N) is 1. The summed E-state index contributed by atoms with van der Waals surface area (Å²) in [4.78, 5) is 3.19. The van der Waals surface area contributed by atoms with Gasteiger partial charge in [-0.2, -0.15) is 39.5 Å². The minimum atomic E-state index is -5.01. The lowest BCUT2D eigenvalue weighted by atomic mass is 9.96. The first-order valence-corrected chi connectivity index (χ1v) is 10.7. The van der Waals surface area contributed by atoms with E-state index in [4.69, 9.17) is 4.74 Å². The lowest BCUT2D eigenvalue weighted by Crippen LogP contribution is -2.40. The van der Waals surface area contributed by atoms with Crippen molar-refractivity contribution in [3.63, 3.8) is 0 Å². The summed E-state index contributed by atoms with van der Waals surface area (Å²) >= 11 is 0. The summed E-state index contributed by atoms with van der Waals surface area (Å²) in [6.07, 6.45) is -17.1. The molecule has 2 N–H and O–H groups in total. The SMILES string of the molecule is O[C@H](CNC(Cc1cc(C(F)(F)F)ccc1F)c1cccc(Oc2ccnc(C(F)(F)F)c2)c1)C(F)(F)F. The minimum Gasteiger partial charge on any atom is -0.457 e. The Kier molecular flexibility index (Phi) is 8.56. The second-order valence-corrected chi connectivity index (χ2v) is 8.08. The van der Waals surface area contributed by atoms with Crippen LogP contribution >= 0.6 is 0 Å². The number of aromatic nitrogens is 1. The summed E-state index contributed by atoms with van der Waals surface area (Å²) in [5, 5.41) is 11.7. The molecule has 0 aliphatic rings. The zero-order chi connectivity index (χ0) is 28.3. The molecule has 0 fully saturated rings. The molecule has 1 unspecified atom stereocenters. The number of hydrogen-bond donors (Lipinski definition) is 2. The lowest BCUT2D eigenvalue weighted by Gasteiger charge is -2.23. The zero-order valence-electron chi connectivity index (χ0n) is 18.9. The van der Waals surface area contributed by atoms with Crippen molar-refractivity contribution >= 4 is 0 Å². The van der Waals surface area contributed by atoms with Crippen LogP contribution < -0.4 is 10.1 Å². The lowest BCUT2D eigenvalue weighted by molar-refractivity contribution is -0.202. The van der Waals surface area contributed by atoms with E-state index in [1.54, 1.807) is 0 Å². The number of benzene rings is 2. The summed E-state index contributed by atoms with van der Waals surface area (Å²) in [5.74, 6) is -1.40. The highest BCUT2D eigenvalue weighted by Crippen LogP contribution is 2.34. The standard InChI is InChI=1S/C24H18F10N2O2/c25-18-5-4-15(22(26,27)28)8-14(18)10-19(36-12-21(37)24(32,33)34)13-2-1-3-16(9-13)38-17-6-7-35-20(11-17)23(29,30)31/h1-9,11,19,21,36-37H,10,12H2/t19?,21-/m1/s1. The molecule has 0 bridgehead atoms. The van der Waals surface area contributed by atoms with Gasteiger partial charge in [-0.05, 0) is 53.9 Å². The van der Waals surface area contributed by atoms with Gasteiger partial charge in [-0.1, -0.05) is 12.1 Å². The summed E-state index contributed by atoms with van der Waals surface area (Å²) in [6.45, 7) is -1.08. The first kappa shape index (κ1) is 29.2. The first-order chi connectivity index (χ1) is 17.5. The van der Waals surface area contributed by atoms with Gasteiger partial charge in [-0.15, -0.1) is 0 Å². The monoisotopic (exact) mass is 556 g/mol. The van der Waals surface area contributed by atoms with Crippen LogP contribution in [0.4, 0.5) is 43.9 Å². The quantitative estimate of drug-likeness (QED) is 0.298. The Morgan fingerprint density at radius 1 is 0.842 bits per heavy atom. The van der Waals surface area contributed by atoms with Crippen LogP contribution in [-0.2, 0) is 18.8 Å². The number of pyridine rings is 1. The van der Waals surface area contributed by atoms with E-state index in [0.29, 0.717) is 24.3 Å². The number of aliphatic hydroxyl groups is 1. The molecular weight excluding hydrogens is 538 g/mol. The summed E-state index contributed by atoms with van der Waals surface area (Å²) in [7, 11) is 0. The molecule has 0 saturated carbocycles. The molecule has 0 amide bonds. The third kappa shape index (κ3) is 7.81. The van der Waals surface area contributed by atoms with Gasteiger partial charge in [0.2, 0.25) is 0 Å². The molecule has 1 aromatic heterocycles. The molecule has 0 aliphatic heterocycles. The van der Waals surface area contributed by atoms with Crippen molar-refractivity contribution in [1.82, 2.24) is 10.3 Å². The van der Waals surface area contributed by atoms with Gasteiger partial charge in [0.05, 0.1) is 5.56 Å². The fraction of sp³-hybridized carbons (Fsp3) is 0.292. The van der Waals surface area contributed by atoms with Crippen LogP contribution in [0, 0.1) is 5.82 Å². The van der Waals surface area contributed by atoms with Crippen molar-refractivity contribution < 1.29 is 53.7 Å². The van der Waals surface area contributed by atoms with Crippen LogP contribution in [0.25, 0.3) is 0 Å². The topological polar surface area (TPSA) is 54.4 Å². The Morgan fingerprint density at radius 3 is 2.16 bits per heavy atom. The smallest absolute Gasteiger partial charge is 0.433 e. The Bertz CT molecular complexity index is 1240. The number of alkyl halides is 9. The highest BCUT2D eigenvalue weighted by atomic mass is 19.4. The van der Waals surface area contributed by atoms with Crippen LogP contribution in [0.5, 0.6) is 11.5 Å². The molecule has 0 aliphatic carbocycles. The Hall–Kier alpha value is -3.39. The molecule has 38 heavy (non-hydrogen) atoms. The van der Waals surface area contributed by atoms with E-state index in [9.17, 15) is 49.0 Å². The van der Waals surface area contributed by atoms with E-state index in [0.717, 1.165) is 12.3 Å². The van der Waals surface area contributed by atoms with Gasteiger partial charge >= 0.3 is 18.5 Å². The van der Waals surface area contributed by atoms with E-state index in [-0.39, 0.29) is 17.1 Å². The molecule has 2 atom stereocenters. The maximum Gasteiger partial charge on any atom is 0.433 e. The van der Waals surface area contributed by atoms with E-state index in [1.807, 2.05) is 0 Å². The van der Waals surface area contributed by atoms with E-state index in [2.05, 4.69) is 10.3 Å². The van der Waals surface area contributed by atoms with Gasteiger partial charge in [0, 0.05) is 24.8 Å². The summed E-state index contributed by atoms with van der Waals surface area (Å²) in [6, 6.07) is 7.23. The van der Waals surface area contributed by atoms with Crippen molar-refractivity contribution in [3.05, 3.63) is 89.0 Å². The van der Waals surface area contributed by atoms with Gasteiger partial charge in [0.15, 0.2) is 6.10 Å². The fourth-order valence-electron chi connectivity index (χ4n) is 3.37. The molecule has 0 spiro atoms. The average molecular weight is 556 g/mol. The van der Waals surface area contributed by atoms with Gasteiger partial charge in [0.1, 0.15) is 23.0 Å². The van der Waals surface area contributed by atoms with Crippen LogP contribution in [0.3, 0.4) is 0 Å². The van der Waals surface area contributed by atoms with Crippen molar-refractivity contribution in [1.29, 1.82) is 0 Å². The van der Waals surface area contributed by atoms with Gasteiger partial charge < -0.3 is 15.2 Å². The third-order valence-corrected chi connectivity index (χ3v) is 5.25. The average Bonchev–Trinajstić information content (AvgIpc) is 2.81. The maximum absolute atomic E-state index is 14.4. The van der Waals surface area contributed by atoms with Gasteiger partial charge in [0.25, 0.3) is 0 Å². The predicted molar refractivity (Wildman–Crippen MR) is 114 cm³/mol. The summed E-state index contributed by atoms with van der Waals surface area (Å²) in [5.41, 5.74) is -2.81. The predicted octanol–water partition coefficient (Wildman–Crippen LogP) is 6.85. The Labute approximate surface area is 208 Å². The molecule has 3 aromatic rings. The van der Waals surface area contributed by atoms with Gasteiger partial charge in [-0.25, -0.2) is 4.39 Å². The highest BCUT2D eigenvalue weighted by Gasteiger charge is 2.38. The van der Waals surface area contributed by atoms with E-state index in [1.165, 1.54) is 24.3 Å². The van der Waals surface area contributed by atoms with Crippen LogP contribution in [0.15, 0.2) is 60.8 Å². The number of rotatable bonds is 8. The second-order valence-electron chi connectivity index (χ2n) is 8.08. The summed E-state index contributed by atoms with van der Waals surface area (Å²) < 4.78 is 136. The second kappa shape index (κ2) is 11.2.